The predicted octanol–water partition coefficient (Wildman–Crippen LogP) is 2.17. The van der Waals surface area contributed by atoms with E-state index in [0.717, 1.165) is 19.0 Å². The Balaban J connectivity index is 2.01. The van der Waals surface area contributed by atoms with Crippen LogP contribution in [0.25, 0.3) is 0 Å². The van der Waals surface area contributed by atoms with Crippen LogP contribution in [-0.2, 0) is 6.54 Å². The molecule has 1 aromatic carbocycles. The standard InChI is InChI=1S/C13H17F2NO/c1-9-2-3-16(8-13(9)17)7-10-4-11(14)6-12(15)5-10/h4-6,9,13,17H,2-3,7-8H2,1H3. The number of halogens is 2. The van der Waals surface area contributed by atoms with Gasteiger partial charge in [-0.15, -0.1) is 0 Å². The molecule has 0 aromatic heterocycles. The zero-order valence-corrected chi connectivity index (χ0v) is 9.87. The van der Waals surface area contributed by atoms with Gasteiger partial charge < -0.3 is 5.11 Å². The summed E-state index contributed by atoms with van der Waals surface area (Å²) in [7, 11) is 0. The Kier molecular flexibility index (Phi) is 3.74. The molecule has 1 N–H and O–H groups in total. The summed E-state index contributed by atoms with van der Waals surface area (Å²) in [5.74, 6) is -0.799. The molecule has 0 amide bonds. The summed E-state index contributed by atoms with van der Waals surface area (Å²) in [4.78, 5) is 2.03. The summed E-state index contributed by atoms with van der Waals surface area (Å²) < 4.78 is 26.0. The number of benzene rings is 1. The molecule has 2 unspecified atom stereocenters. The van der Waals surface area contributed by atoms with Crippen molar-refractivity contribution in [2.75, 3.05) is 13.1 Å². The number of likely N-dealkylation sites (tertiary alicyclic amines) is 1. The van der Waals surface area contributed by atoms with Crippen LogP contribution < -0.4 is 0 Å². The van der Waals surface area contributed by atoms with Crippen LogP contribution in [0.3, 0.4) is 0 Å². The van der Waals surface area contributed by atoms with Crippen molar-refractivity contribution < 1.29 is 13.9 Å². The number of hydrogen-bond donors (Lipinski definition) is 1. The number of rotatable bonds is 2. The second-order valence-electron chi connectivity index (χ2n) is 4.85. The molecule has 2 rings (SSSR count). The summed E-state index contributed by atoms with van der Waals surface area (Å²) in [6.07, 6.45) is 0.570. The molecule has 0 saturated carbocycles. The Morgan fingerprint density at radius 3 is 2.53 bits per heavy atom. The molecule has 1 fully saturated rings. The summed E-state index contributed by atoms with van der Waals surface area (Å²) in [5, 5.41) is 9.75. The summed E-state index contributed by atoms with van der Waals surface area (Å²) in [5.41, 5.74) is 0.615. The minimum absolute atomic E-state index is 0.301. The molecule has 1 aliphatic heterocycles. The zero-order chi connectivity index (χ0) is 12.4. The molecule has 0 bridgehead atoms. The Hall–Kier alpha value is -1.00. The van der Waals surface area contributed by atoms with Crippen LogP contribution in [0.2, 0.25) is 0 Å². The molecule has 17 heavy (non-hydrogen) atoms. The molecule has 1 heterocycles. The van der Waals surface area contributed by atoms with Gasteiger partial charge in [0, 0.05) is 19.2 Å². The normalized spacial score (nSPS) is 26.1. The first-order valence-corrected chi connectivity index (χ1v) is 5.90. The maximum absolute atomic E-state index is 13.0. The van der Waals surface area contributed by atoms with Crippen molar-refractivity contribution in [3.63, 3.8) is 0 Å². The van der Waals surface area contributed by atoms with Gasteiger partial charge >= 0.3 is 0 Å². The molecular formula is C13H17F2NO. The topological polar surface area (TPSA) is 23.5 Å². The van der Waals surface area contributed by atoms with Crippen LogP contribution in [0.4, 0.5) is 8.78 Å². The molecule has 0 aliphatic carbocycles. The summed E-state index contributed by atoms with van der Waals surface area (Å²) >= 11 is 0. The van der Waals surface area contributed by atoms with Gasteiger partial charge in [-0.3, -0.25) is 4.90 Å². The maximum Gasteiger partial charge on any atom is 0.126 e. The molecule has 2 nitrogen and oxygen atoms in total. The van der Waals surface area contributed by atoms with E-state index in [1.807, 2.05) is 11.8 Å². The fourth-order valence-electron chi connectivity index (χ4n) is 2.22. The third-order valence-electron chi connectivity index (χ3n) is 3.33. The highest BCUT2D eigenvalue weighted by Crippen LogP contribution is 2.19. The fraction of sp³-hybridized carbons (Fsp3) is 0.538. The molecule has 2 atom stereocenters. The maximum atomic E-state index is 13.0. The van der Waals surface area contributed by atoms with Gasteiger partial charge in [0.15, 0.2) is 0 Å². The Bertz CT molecular complexity index is 377. The highest BCUT2D eigenvalue weighted by Gasteiger charge is 2.24. The zero-order valence-electron chi connectivity index (χ0n) is 9.87. The van der Waals surface area contributed by atoms with E-state index in [0.29, 0.717) is 24.6 Å². The molecule has 1 aliphatic rings. The van der Waals surface area contributed by atoms with Gasteiger partial charge in [-0.1, -0.05) is 6.92 Å². The molecule has 4 heteroatoms. The van der Waals surface area contributed by atoms with E-state index in [1.165, 1.54) is 12.1 Å². The van der Waals surface area contributed by atoms with Crippen molar-refractivity contribution >= 4 is 0 Å². The van der Waals surface area contributed by atoms with E-state index >= 15 is 0 Å². The van der Waals surface area contributed by atoms with Crippen molar-refractivity contribution in [2.24, 2.45) is 5.92 Å². The molecule has 0 radical (unpaired) electrons. The molecule has 94 valence electrons. The van der Waals surface area contributed by atoms with Crippen molar-refractivity contribution in [1.82, 2.24) is 4.90 Å². The van der Waals surface area contributed by atoms with E-state index in [-0.39, 0.29) is 6.10 Å². The fourth-order valence-corrected chi connectivity index (χ4v) is 2.22. The first-order valence-electron chi connectivity index (χ1n) is 5.90. The van der Waals surface area contributed by atoms with Crippen molar-refractivity contribution in [3.8, 4) is 0 Å². The van der Waals surface area contributed by atoms with Gasteiger partial charge in [-0.25, -0.2) is 8.78 Å². The third-order valence-corrected chi connectivity index (χ3v) is 3.33. The quantitative estimate of drug-likeness (QED) is 0.857. The lowest BCUT2D eigenvalue weighted by Crippen LogP contribution is -2.42. The molecule has 1 aromatic rings. The molecule has 0 spiro atoms. The van der Waals surface area contributed by atoms with Crippen LogP contribution in [0, 0.1) is 17.6 Å². The van der Waals surface area contributed by atoms with Gasteiger partial charge in [0.25, 0.3) is 0 Å². The van der Waals surface area contributed by atoms with E-state index in [9.17, 15) is 13.9 Å². The number of aliphatic hydroxyl groups excluding tert-OH is 1. The van der Waals surface area contributed by atoms with Gasteiger partial charge in [-0.05, 0) is 36.6 Å². The number of β-amino-alcohol motifs (C(OH)–C–C–N with tert-alkyl or cyclic N) is 1. The van der Waals surface area contributed by atoms with Crippen LogP contribution in [0.5, 0.6) is 0 Å². The van der Waals surface area contributed by atoms with Gasteiger partial charge in [0.1, 0.15) is 11.6 Å². The average Bonchev–Trinajstić information content (AvgIpc) is 2.22. The summed E-state index contributed by atoms with van der Waals surface area (Å²) in [6, 6.07) is 3.55. The van der Waals surface area contributed by atoms with Crippen LogP contribution >= 0.6 is 0 Å². The van der Waals surface area contributed by atoms with Crippen LogP contribution in [-0.4, -0.2) is 29.2 Å². The second kappa shape index (κ2) is 5.10. The van der Waals surface area contributed by atoms with Gasteiger partial charge in [-0.2, -0.15) is 0 Å². The Morgan fingerprint density at radius 2 is 1.94 bits per heavy atom. The van der Waals surface area contributed by atoms with E-state index < -0.39 is 11.6 Å². The number of piperidine rings is 1. The SMILES string of the molecule is CC1CCN(Cc2cc(F)cc(F)c2)CC1O. The van der Waals surface area contributed by atoms with E-state index in [1.54, 1.807) is 0 Å². The second-order valence-corrected chi connectivity index (χ2v) is 4.85. The number of nitrogens with zero attached hydrogens (tertiary/aromatic N) is 1. The van der Waals surface area contributed by atoms with Crippen molar-refractivity contribution in [1.29, 1.82) is 0 Å². The molecular weight excluding hydrogens is 224 g/mol. The van der Waals surface area contributed by atoms with Crippen molar-refractivity contribution in [3.05, 3.63) is 35.4 Å². The lowest BCUT2D eigenvalue weighted by molar-refractivity contribution is 0.0258. The predicted molar refractivity (Wildman–Crippen MR) is 61.4 cm³/mol. The average molecular weight is 241 g/mol. The molecule has 1 saturated heterocycles. The highest BCUT2D eigenvalue weighted by atomic mass is 19.1. The monoisotopic (exact) mass is 241 g/mol. The van der Waals surface area contributed by atoms with Gasteiger partial charge in [0.05, 0.1) is 6.10 Å². The first kappa shape index (κ1) is 12.5. The van der Waals surface area contributed by atoms with Crippen LogP contribution in [0.1, 0.15) is 18.9 Å². The van der Waals surface area contributed by atoms with E-state index in [4.69, 9.17) is 0 Å². The lowest BCUT2D eigenvalue weighted by atomic mass is 9.96. The smallest absolute Gasteiger partial charge is 0.126 e. The Morgan fingerprint density at radius 1 is 1.29 bits per heavy atom. The third kappa shape index (κ3) is 3.23. The number of hydrogen-bond acceptors (Lipinski definition) is 2. The minimum atomic E-state index is -0.550. The Labute approximate surface area is 99.9 Å². The van der Waals surface area contributed by atoms with Crippen molar-refractivity contribution in [2.45, 2.75) is 26.0 Å². The summed E-state index contributed by atoms with van der Waals surface area (Å²) in [6.45, 7) is 3.93. The van der Waals surface area contributed by atoms with Crippen LogP contribution in [0.15, 0.2) is 18.2 Å². The lowest BCUT2D eigenvalue weighted by Gasteiger charge is -2.34. The number of aliphatic hydroxyl groups is 1. The minimum Gasteiger partial charge on any atom is -0.392 e. The largest absolute Gasteiger partial charge is 0.392 e. The highest BCUT2D eigenvalue weighted by molar-refractivity contribution is 5.17. The van der Waals surface area contributed by atoms with Gasteiger partial charge in [0.2, 0.25) is 0 Å². The first-order chi connectivity index (χ1) is 8.04. The van der Waals surface area contributed by atoms with E-state index in [2.05, 4.69) is 0 Å².